The van der Waals surface area contributed by atoms with Gasteiger partial charge in [-0.2, -0.15) is 18.2 Å². The van der Waals surface area contributed by atoms with Crippen LogP contribution < -0.4 is 10.6 Å². The zero-order valence-corrected chi connectivity index (χ0v) is 26.3. The van der Waals surface area contributed by atoms with E-state index in [0.29, 0.717) is 26.1 Å². The van der Waals surface area contributed by atoms with Crippen LogP contribution in [0.25, 0.3) is 21.3 Å². The van der Waals surface area contributed by atoms with Crippen LogP contribution in [-0.2, 0) is 22.3 Å². The molecule has 1 saturated heterocycles. The van der Waals surface area contributed by atoms with E-state index in [1.54, 1.807) is 10.3 Å². The Labute approximate surface area is 255 Å². The van der Waals surface area contributed by atoms with Gasteiger partial charge in [0, 0.05) is 57.0 Å². The molecule has 0 radical (unpaired) electrons. The maximum absolute atomic E-state index is 14.8. The third kappa shape index (κ3) is 5.82. The first-order valence-electron chi connectivity index (χ1n) is 13.5. The Hall–Kier alpha value is -2.54. The Morgan fingerprint density at radius 1 is 1.17 bits per heavy atom. The van der Waals surface area contributed by atoms with E-state index in [1.807, 2.05) is 39.5 Å². The second-order valence-electron chi connectivity index (χ2n) is 11.7. The topological polar surface area (TPSA) is 67.7 Å². The molecule has 7 nitrogen and oxygen atoms in total. The lowest BCUT2D eigenvalue weighted by Gasteiger charge is -2.44. The van der Waals surface area contributed by atoms with Crippen LogP contribution in [0.3, 0.4) is 0 Å². The number of piperazine rings is 1. The third-order valence-electron chi connectivity index (χ3n) is 7.29. The molecule has 0 N–H and O–H groups in total. The molecular weight excluding hydrogens is 609 g/mol. The number of halogens is 4. The summed E-state index contributed by atoms with van der Waals surface area (Å²) in [6.45, 7) is 13.7. The number of alkyl halides is 3. The van der Waals surface area contributed by atoms with Crippen molar-refractivity contribution in [2.45, 2.75) is 76.0 Å². The molecule has 2 aliphatic heterocycles. The van der Waals surface area contributed by atoms with Crippen LogP contribution in [0, 0.1) is 0 Å². The van der Waals surface area contributed by atoms with Gasteiger partial charge in [0.15, 0.2) is 0 Å². The normalized spacial score (nSPS) is 21.5. The summed E-state index contributed by atoms with van der Waals surface area (Å²) in [4.78, 5) is 34.8. The molecule has 3 aromatic rings. The maximum atomic E-state index is 14.8. The zero-order chi connectivity index (χ0) is 30.7. The number of anilines is 1. The molecular formula is C29H32ClF3N4O3S2. The lowest BCUT2D eigenvalue weighted by Crippen LogP contribution is -2.58. The Balaban J connectivity index is 1.79. The standard InChI is InChI=1S/C29H32ClF3N4O3S2/c1-7-22(38)37-15(2)10-35(11-16(37)3)26-19-9-20(29(31,32)33)23(21-8-17(30)13-41-21)25-24(19)36(27(39)34-26)12-18(14-42-25)40-28(4,5)6/h7-9,13,15-16,18H,1,10-12,14H2,2-6H3/t15-,16+,18?. The van der Waals surface area contributed by atoms with E-state index in [4.69, 9.17) is 16.3 Å². The Morgan fingerprint density at radius 3 is 2.38 bits per heavy atom. The number of hydrogen-bond donors (Lipinski definition) is 0. The van der Waals surface area contributed by atoms with Crippen LogP contribution in [0.15, 0.2) is 39.9 Å². The van der Waals surface area contributed by atoms with Crippen LogP contribution in [0.2, 0.25) is 5.02 Å². The predicted octanol–water partition coefficient (Wildman–Crippen LogP) is 6.70. The maximum Gasteiger partial charge on any atom is 0.417 e. The van der Waals surface area contributed by atoms with Gasteiger partial charge in [-0.05, 0) is 52.8 Å². The highest BCUT2D eigenvalue weighted by atomic mass is 35.5. The molecule has 1 unspecified atom stereocenters. The fourth-order valence-corrected chi connectivity index (χ4v) is 8.35. The van der Waals surface area contributed by atoms with Gasteiger partial charge in [-0.15, -0.1) is 23.1 Å². The second kappa shape index (κ2) is 11.2. The van der Waals surface area contributed by atoms with Crippen molar-refractivity contribution in [2.75, 3.05) is 23.7 Å². The number of benzene rings is 1. The van der Waals surface area contributed by atoms with Gasteiger partial charge >= 0.3 is 11.9 Å². The summed E-state index contributed by atoms with van der Waals surface area (Å²) in [5, 5.41) is 2.17. The molecule has 0 aliphatic carbocycles. The van der Waals surface area contributed by atoms with Crippen molar-refractivity contribution in [3.63, 3.8) is 0 Å². The summed E-state index contributed by atoms with van der Waals surface area (Å²) in [5.41, 5.74) is -1.52. The first-order chi connectivity index (χ1) is 19.6. The van der Waals surface area contributed by atoms with E-state index < -0.39 is 29.1 Å². The number of thiophene rings is 1. The van der Waals surface area contributed by atoms with Gasteiger partial charge in [-0.1, -0.05) is 18.2 Å². The molecule has 13 heteroatoms. The Kier molecular flexibility index (Phi) is 8.23. The summed E-state index contributed by atoms with van der Waals surface area (Å²) in [6, 6.07) is 2.06. The highest BCUT2D eigenvalue weighted by molar-refractivity contribution is 7.99. The SMILES string of the molecule is C=CC(=O)N1[C@H](C)CN(c2nc(=O)n3c4c(c(-c5cc(Cl)cs5)c(C(F)(F)F)cc24)SCC(OC(C)(C)C)C3)C[C@@H]1C. The van der Waals surface area contributed by atoms with Crippen molar-refractivity contribution in [3.8, 4) is 10.4 Å². The predicted molar refractivity (Wildman–Crippen MR) is 163 cm³/mol. The average Bonchev–Trinajstić information content (AvgIpc) is 3.22. The average molecular weight is 641 g/mol. The zero-order valence-electron chi connectivity index (χ0n) is 23.9. The lowest BCUT2D eigenvalue weighted by molar-refractivity contribution is -0.137. The number of amides is 1. The smallest absolute Gasteiger partial charge is 0.370 e. The molecule has 1 fully saturated rings. The fourth-order valence-electron chi connectivity index (χ4n) is 5.90. The van der Waals surface area contributed by atoms with Crippen LogP contribution in [0.1, 0.15) is 40.2 Å². The van der Waals surface area contributed by atoms with Gasteiger partial charge in [0.1, 0.15) is 5.82 Å². The largest absolute Gasteiger partial charge is 0.417 e. The number of aromatic nitrogens is 2. The molecule has 0 spiro atoms. The molecule has 4 heterocycles. The van der Waals surface area contributed by atoms with Crippen LogP contribution in [0.4, 0.5) is 19.0 Å². The summed E-state index contributed by atoms with van der Waals surface area (Å²) in [5.74, 6) is 0.289. The molecule has 1 aromatic carbocycles. The second-order valence-corrected chi connectivity index (χ2v) is 14.1. The summed E-state index contributed by atoms with van der Waals surface area (Å²) < 4.78 is 52.2. The minimum Gasteiger partial charge on any atom is -0.370 e. The first-order valence-corrected chi connectivity index (χ1v) is 15.8. The molecule has 0 bridgehead atoms. The van der Waals surface area contributed by atoms with Gasteiger partial charge < -0.3 is 14.5 Å². The third-order valence-corrected chi connectivity index (χ3v) is 9.81. The Morgan fingerprint density at radius 2 is 1.83 bits per heavy atom. The van der Waals surface area contributed by atoms with E-state index in [0.717, 1.165) is 17.4 Å². The van der Waals surface area contributed by atoms with Crippen molar-refractivity contribution in [1.29, 1.82) is 0 Å². The number of carbonyl (C=O) groups excluding carboxylic acids is 1. The monoisotopic (exact) mass is 640 g/mol. The number of rotatable bonds is 4. The number of hydrogen-bond acceptors (Lipinski definition) is 7. The molecule has 3 atom stereocenters. The summed E-state index contributed by atoms with van der Waals surface area (Å²) >= 11 is 8.56. The number of thioether (sulfide) groups is 1. The van der Waals surface area contributed by atoms with Crippen LogP contribution >= 0.6 is 34.7 Å². The van der Waals surface area contributed by atoms with Gasteiger partial charge in [-0.25, -0.2) is 4.79 Å². The van der Waals surface area contributed by atoms with Crippen molar-refractivity contribution in [1.82, 2.24) is 14.5 Å². The molecule has 42 heavy (non-hydrogen) atoms. The molecule has 5 rings (SSSR count). The van der Waals surface area contributed by atoms with Crippen LogP contribution in [0.5, 0.6) is 0 Å². The van der Waals surface area contributed by atoms with Gasteiger partial charge in [0.05, 0.1) is 34.4 Å². The van der Waals surface area contributed by atoms with Gasteiger partial charge in [-0.3, -0.25) is 9.36 Å². The molecule has 0 saturated carbocycles. The number of nitrogens with zero attached hydrogens (tertiary/aromatic N) is 4. The van der Waals surface area contributed by atoms with Crippen molar-refractivity contribution < 1.29 is 22.7 Å². The highest BCUT2D eigenvalue weighted by Gasteiger charge is 2.40. The van der Waals surface area contributed by atoms with Gasteiger partial charge in [0.2, 0.25) is 5.91 Å². The van der Waals surface area contributed by atoms with E-state index in [9.17, 15) is 22.8 Å². The molecule has 2 aromatic heterocycles. The van der Waals surface area contributed by atoms with E-state index in [2.05, 4.69) is 11.6 Å². The first kappa shape index (κ1) is 30.9. The quantitative estimate of drug-likeness (QED) is 0.296. The molecule has 2 aliphatic rings. The highest BCUT2D eigenvalue weighted by Crippen LogP contribution is 2.50. The molecule has 1 amide bonds. The summed E-state index contributed by atoms with van der Waals surface area (Å²) in [6.07, 6.45) is -3.89. The number of carbonyl (C=O) groups is 1. The minimum atomic E-state index is -4.70. The number of ether oxygens (including phenoxy) is 1. The van der Waals surface area contributed by atoms with Crippen molar-refractivity contribution in [2.24, 2.45) is 0 Å². The van der Waals surface area contributed by atoms with E-state index >= 15 is 0 Å². The fraction of sp³-hybridized carbons (Fsp3) is 0.483. The van der Waals surface area contributed by atoms with Crippen molar-refractivity contribution >= 4 is 57.3 Å². The van der Waals surface area contributed by atoms with Crippen molar-refractivity contribution in [3.05, 3.63) is 51.2 Å². The molecule has 226 valence electrons. The van der Waals surface area contributed by atoms with E-state index in [-0.39, 0.29) is 54.4 Å². The van der Waals surface area contributed by atoms with E-state index in [1.165, 1.54) is 28.5 Å². The minimum absolute atomic E-state index is 0.00161. The Bertz CT molecular complexity index is 1600. The van der Waals surface area contributed by atoms with Crippen LogP contribution in [-0.4, -0.2) is 63.0 Å². The lowest BCUT2D eigenvalue weighted by atomic mass is 10.0. The van der Waals surface area contributed by atoms with Gasteiger partial charge in [0.25, 0.3) is 0 Å². The summed E-state index contributed by atoms with van der Waals surface area (Å²) in [7, 11) is 0.